The Morgan fingerprint density at radius 1 is 1.38 bits per heavy atom. The monoisotopic (exact) mass is 218 g/mol. The maximum absolute atomic E-state index is 5.14. The number of fused-ring (bicyclic) bond motifs is 1. The lowest BCUT2D eigenvalue weighted by atomic mass is 10.1. The van der Waals surface area contributed by atoms with Crippen molar-refractivity contribution in [3.8, 4) is 0 Å². The Labute approximate surface area is 95.8 Å². The first-order valence-corrected chi connectivity index (χ1v) is 5.62. The van der Waals surface area contributed by atoms with Gasteiger partial charge in [0.1, 0.15) is 6.23 Å². The molecule has 2 N–H and O–H groups in total. The molecule has 0 spiro atoms. The molecule has 2 rings (SSSR count). The highest BCUT2D eigenvalue weighted by Gasteiger charge is 2.03. The Hall–Kier alpha value is -1.32. The van der Waals surface area contributed by atoms with Gasteiger partial charge in [-0.1, -0.05) is 18.2 Å². The molecule has 3 heteroatoms. The lowest BCUT2D eigenvalue weighted by Crippen LogP contribution is -2.29. The van der Waals surface area contributed by atoms with E-state index < -0.39 is 0 Å². The quantitative estimate of drug-likeness (QED) is 0.755. The summed E-state index contributed by atoms with van der Waals surface area (Å²) in [6.45, 7) is 2.94. The molecule has 0 amide bonds. The number of ether oxygens (including phenoxy) is 1. The molecule has 0 radical (unpaired) electrons. The summed E-state index contributed by atoms with van der Waals surface area (Å²) in [5, 5.41) is 4.61. The number of methoxy groups -OCH3 is 1. The molecule has 0 bridgehead atoms. The van der Waals surface area contributed by atoms with Gasteiger partial charge >= 0.3 is 0 Å². The molecule has 16 heavy (non-hydrogen) atoms. The van der Waals surface area contributed by atoms with Crippen molar-refractivity contribution in [3.63, 3.8) is 0 Å². The predicted molar refractivity (Wildman–Crippen MR) is 66.5 cm³/mol. The van der Waals surface area contributed by atoms with Crippen molar-refractivity contribution in [2.24, 2.45) is 0 Å². The van der Waals surface area contributed by atoms with E-state index in [1.165, 1.54) is 16.5 Å². The van der Waals surface area contributed by atoms with Gasteiger partial charge in [0.25, 0.3) is 0 Å². The summed E-state index contributed by atoms with van der Waals surface area (Å²) in [5.41, 5.74) is 2.56. The second-order valence-electron chi connectivity index (χ2n) is 3.94. The molecule has 1 atom stereocenters. The maximum Gasteiger partial charge on any atom is 0.104 e. The fourth-order valence-electron chi connectivity index (χ4n) is 1.83. The van der Waals surface area contributed by atoms with E-state index >= 15 is 0 Å². The number of benzene rings is 1. The Kier molecular flexibility index (Phi) is 3.59. The first kappa shape index (κ1) is 11.2. The van der Waals surface area contributed by atoms with Gasteiger partial charge in [0.15, 0.2) is 0 Å². The minimum atomic E-state index is 0.116. The van der Waals surface area contributed by atoms with Crippen molar-refractivity contribution in [2.75, 3.05) is 13.7 Å². The molecule has 0 aliphatic carbocycles. The third-order valence-corrected chi connectivity index (χ3v) is 2.85. The largest absolute Gasteiger partial charge is 0.367 e. The van der Waals surface area contributed by atoms with Crippen molar-refractivity contribution in [2.45, 2.75) is 19.6 Å². The van der Waals surface area contributed by atoms with Crippen LogP contribution in [0, 0.1) is 0 Å². The topological polar surface area (TPSA) is 37.0 Å². The van der Waals surface area contributed by atoms with Gasteiger partial charge in [0, 0.05) is 30.8 Å². The molecule has 0 saturated heterocycles. The Balaban J connectivity index is 1.99. The zero-order valence-corrected chi connectivity index (χ0v) is 9.79. The van der Waals surface area contributed by atoms with E-state index in [1.807, 2.05) is 13.0 Å². The SMILES string of the molecule is COC(C)NCCc1c[nH]c2ccccc12. The van der Waals surface area contributed by atoms with E-state index in [1.54, 1.807) is 7.11 Å². The molecule has 0 aliphatic heterocycles. The van der Waals surface area contributed by atoms with Crippen LogP contribution in [0.25, 0.3) is 10.9 Å². The number of aromatic nitrogens is 1. The summed E-state index contributed by atoms with van der Waals surface area (Å²) < 4.78 is 5.14. The number of aromatic amines is 1. The summed E-state index contributed by atoms with van der Waals surface area (Å²) in [6.07, 6.45) is 3.21. The number of H-pyrrole nitrogens is 1. The highest BCUT2D eigenvalue weighted by molar-refractivity contribution is 5.83. The van der Waals surface area contributed by atoms with Crippen LogP contribution in [0.1, 0.15) is 12.5 Å². The van der Waals surface area contributed by atoms with Crippen LogP contribution in [-0.4, -0.2) is 24.9 Å². The number of hydrogen-bond acceptors (Lipinski definition) is 2. The van der Waals surface area contributed by atoms with Crippen LogP contribution in [0.15, 0.2) is 30.5 Å². The van der Waals surface area contributed by atoms with Crippen LogP contribution in [0.2, 0.25) is 0 Å². The fraction of sp³-hybridized carbons (Fsp3) is 0.385. The average molecular weight is 218 g/mol. The minimum absolute atomic E-state index is 0.116. The van der Waals surface area contributed by atoms with Crippen LogP contribution >= 0.6 is 0 Å². The third-order valence-electron chi connectivity index (χ3n) is 2.85. The first-order chi connectivity index (χ1) is 7.81. The number of nitrogens with one attached hydrogen (secondary N) is 2. The maximum atomic E-state index is 5.14. The molecule has 1 heterocycles. The molecule has 1 aromatic carbocycles. The molecular weight excluding hydrogens is 200 g/mol. The van der Waals surface area contributed by atoms with Crippen LogP contribution < -0.4 is 5.32 Å². The summed E-state index contributed by atoms with van der Waals surface area (Å²) in [4.78, 5) is 3.28. The van der Waals surface area contributed by atoms with E-state index in [9.17, 15) is 0 Å². The zero-order valence-electron chi connectivity index (χ0n) is 9.79. The van der Waals surface area contributed by atoms with Gasteiger partial charge in [0.05, 0.1) is 0 Å². The van der Waals surface area contributed by atoms with E-state index in [4.69, 9.17) is 4.74 Å². The molecule has 1 unspecified atom stereocenters. The lowest BCUT2D eigenvalue weighted by Gasteiger charge is -2.10. The highest BCUT2D eigenvalue weighted by atomic mass is 16.5. The number of hydrogen-bond donors (Lipinski definition) is 2. The van der Waals surface area contributed by atoms with E-state index in [0.717, 1.165) is 13.0 Å². The van der Waals surface area contributed by atoms with Crippen molar-refractivity contribution in [1.29, 1.82) is 0 Å². The van der Waals surface area contributed by atoms with Crippen LogP contribution in [0.3, 0.4) is 0 Å². The molecule has 2 aromatic rings. The van der Waals surface area contributed by atoms with Crippen LogP contribution in [0.4, 0.5) is 0 Å². The van der Waals surface area contributed by atoms with Crippen molar-refractivity contribution >= 4 is 10.9 Å². The Bertz CT molecular complexity index is 450. The average Bonchev–Trinajstić information content (AvgIpc) is 2.73. The van der Waals surface area contributed by atoms with Gasteiger partial charge in [-0.05, 0) is 25.0 Å². The standard InChI is InChI=1S/C13H18N2O/c1-10(16-2)14-8-7-11-9-15-13-6-4-3-5-12(11)13/h3-6,9-10,14-15H,7-8H2,1-2H3. The molecule has 0 aliphatic rings. The third kappa shape index (κ3) is 2.43. The van der Waals surface area contributed by atoms with Gasteiger partial charge in [0.2, 0.25) is 0 Å². The Morgan fingerprint density at radius 2 is 2.19 bits per heavy atom. The molecule has 0 saturated carbocycles. The van der Waals surface area contributed by atoms with Crippen LogP contribution in [-0.2, 0) is 11.2 Å². The number of para-hydroxylation sites is 1. The molecule has 86 valence electrons. The molecule has 1 aromatic heterocycles. The smallest absolute Gasteiger partial charge is 0.104 e. The fourth-order valence-corrected chi connectivity index (χ4v) is 1.83. The molecule has 3 nitrogen and oxygen atoms in total. The Morgan fingerprint density at radius 3 is 3.00 bits per heavy atom. The van der Waals surface area contributed by atoms with Gasteiger partial charge in [-0.25, -0.2) is 0 Å². The predicted octanol–water partition coefficient (Wildman–Crippen LogP) is 2.29. The normalized spacial score (nSPS) is 13.1. The minimum Gasteiger partial charge on any atom is -0.367 e. The second-order valence-corrected chi connectivity index (χ2v) is 3.94. The van der Waals surface area contributed by atoms with Gasteiger partial charge in [-0.2, -0.15) is 0 Å². The zero-order chi connectivity index (χ0) is 11.4. The van der Waals surface area contributed by atoms with E-state index in [2.05, 4.69) is 34.7 Å². The van der Waals surface area contributed by atoms with E-state index in [-0.39, 0.29) is 6.23 Å². The highest BCUT2D eigenvalue weighted by Crippen LogP contribution is 2.17. The summed E-state index contributed by atoms with van der Waals surface area (Å²) >= 11 is 0. The second kappa shape index (κ2) is 5.14. The molecular formula is C13H18N2O. The van der Waals surface area contributed by atoms with E-state index in [0.29, 0.717) is 0 Å². The molecule has 0 fully saturated rings. The van der Waals surface area contributed by atoms with Gasteiger partial charge in [-0.15, -0.1) is 0 Å². The lowest BCUT2D eigenvalue weighted by molar-refractivity contribution is 0.0901. The summed E-state index contributed by atoms with van der Waals surface area (Å²) in [6, 6.07) is 8.38. The van der Waals surface area contributed by atoms with Gasteiger partial charge < -0.3 is 9.72 Å². The number of rotatable bonds is 5. The van der Waals surface area contributed by atoms with Crippen LogP contribution in [0.5, 0.6) is 0 Å². The first-order valence-electron chi connectivity index (χ1n) is 5.62. The van der Waals surface area contributed by atoms with Crippen molar-refractivity contribution in [1.82, 2.24) is 10.3 Å². The summed E-state index contributed by atoms with van der Waals surface area (Å²) in [5.74, 6) is 0. The van der Waals surface area contributed by atoms with Crippen molar-refractivity contribution in [3.05, 3.63) is 36.0 Å². The van der Waals surface area contributed by atoms with Crippen molar-refractivity contribution < 1.29 is 4.74 Å². The van der Waals surface area contributed by atoms with Gasteiger partial charge in [-0.3, -0.25) is 5.32 Å². The summed E-state index contributed by atoms with van der Waals surface area (Å²) in [7, 11) is 1.71.